The number of amides is 1. The van der Waals surface area contributed by atoms with Gasteiger partial charge in [-0.2, -0.15) is 13.2 Å². The minimum atomic E-state index is -4.92. The van der Waals surface area contributed by atoms with Crippen LogP contribution in [0.15, 0.2) is 36.0 Å². The maximum absolute atomic E-state index is 12.7. The number of carbonyl (C=O) groups is 1. The number of rotatable bonds is 6. The summed E-state index contributed by atoms with van der Waals surface area (Å²) in [7, 11) is -3.10. The van der Waals surface area contributed by atoms with Gasteiger partial charge in [-0.1, -0.05) is 29.8 Å². The third kappa shape index (κ3) is 6.74. The first-order valence-corrected chi connectivity index (χ1v) is 10.9. The van der Waals surface area contributed by atoms with E-state index in [1.807, 2.05) is 0 Å². The number of nitrogens with two attached hydrogens (primary N) is 1. The molecule has 1 aromatic carbocycles. The van der Waals surface area contributed by atoms with Gasteiger partial charge in [-0.15, -0.1) is 0 Å². The first-order valence-electron chi connectivity index (χ1n) is 8.75. The van der Waals surface area contributed by atoms with Crippen LogP contribution in [-0.4, -0.2) is 49.2 Å². The SMILES string of the molecule is N=C(/C=C(\N)C(=O)N(Cc1ccccc1Cl)CC1CCS(=O)(=O)CC1)C(F)(F)F. The van der Waals surface area contributed by atoms with Crippen LogP contribution >= 0.6 is 11.6 Å². The van der Waals surface area contributed by atoms with E-state index in [0.29, 0.717) is 23.4 Å². The summed E-state index contributed by atoms with van der Waals surface area (Å²) in [6, 6.07) is 6.69. The first-order chi connectivity index (χ1) is 13.4. The molecule has 2 rings (SSSR count). The molecule has 0 atom stereocenters. The lowest BCUT2D eigenvalue weighted by Gasteiger charge is -2.30. The van der Waals surface area contributed by atoms with Crippen LogP contribution in [0, 0.1) is 11.3 Å². The van der Waals surface area contributed by atoms with E-state index < -0.39 is 33.3 Å². The Morgan fingerprint density at radius 1 is 1.28 bits per heavy atom. The van der Waals surface area contributed by atoms with Gasteiger partial charge >= 0.3 is 6.18 Å². The van der Waals surface area contributed by atoms with E-state index in [1.165, 1.54) is 4.90 Å². The first kappa shape index (κ1) is 23.2. The molecular formula is C18H21ClF3N3O3S. The van der Waals surface area contributed by atoms with E-state index in [0.717, 1.165) is 0 Å². The van der Waals surface area contributed by atoms with Gasteiger partial charge in [-0.25, -0.2) is 8.42 Å². The van der Waals surface area contributed by atoms with E-state index in [-0.39, 0.29) is 36.6 Å². The topological polar surface area (TPSA) is 104 Å². The van der Waals surface area contributed by atoms with Gasteiger partial charge < -0.3 is 10.6 Å². The summed E-state index contributed by atoms with van der Waals surface area (Å²) >= 11 is 6.13. The number of carbonyl (C=O) groups excluding carboxylic acids is 1. The van der Waals surface area contributed by atoms with Crippen LogP contribution < -0.4 is 5.73 Å². The van der Waals surface area contributed by atoms with Gasteiger partial charge in [0.05, 0.1) is 17.2 Å². The van der Waals surface area contributed by atoms with Gasteiger partial charge in [-0.05, 0) is 36.5 Å². The molecule has 0 aromatic heterocycles. The third-order valence-electron chi connectivity index (χ3n) is 4.61. The van der Waals surface area contributed by atoms with Crippen molar-refractivity contribution in [3.63, 3.8) is 0 Å². The Hall–Kier alpha value is -2.07. The van der Waals surface area contributed by atoms with Crippen LogP contribution in [0.1, 0.15) is 18.4 Å². The summed E-state index contributed by atoms with van der Waals surface area (Å²) in [5, 5.41) is 7.39. The summed E-state index contributed by atoms with van der Waals surface area (Å²) in [6.07, 6.45) is -3.95. The molecule has 1 amide bonds. The van der Waals surface area contributed by atoms with Crippen molar-refractivity contribution in [2.75, 3.05) is 18.1 Å². The fourth-order valence-electron chi connectivity index (χ4n) is 2.97. The van der Waals surface area contributed by atoms with Crippen LogP contribution in [0.2, 0.25) is 5.02 Å². The quantitative estimate of drug-likeness (QED) is 0.512. The Balaban J connectivity index is 2.24. The molecule has 29 heavy (non-hydrogen) atoms. The molecule has 1 fully saturated rings. The maximum atomic E-state index is 12.7. The second-order valence-electron chi connectivity index (χ2n) is 6.88. The number of nitrogens with one attached hydrogen (secondary N) is 1. The van der Waals surface area contributed by atoms with E-state index in [1.54, 1.807) is 24.3 Å². The standard InChI is InChI=1S/C18H21ClF3N3O3S/c19-14-4-2-1-3-13(14)11-25(10-12-5-7-29(27,28)8-6-12)17(26)15(23)9-16(24)18(20,21)22/h1-4,9,12,24H,5-8,10-11,23H2/b15-9-,24-16?. The number of hydrogen-bond donors (Lipinski definition) is 2. The second kappa shape index (κ2) is 9.17. The fourth-order valence-corrected chi connectivity index (χ4v) is 4.75. The Kier molecular flexibility index (Phi) is 7.34. The molecule has 0 unspecified atom stereocenters. The zero-order valence-corrected chi connectivity index (χ0v) is 16.9. The van der Waals surface area contributed by atoms with E-state index in [9.17, 15) is 26.4 Å². The molecule has 3 N–H and O–H groups in total. The molecule has 1 aromatic rings. The van der Waals surface area contributed by atoms with Crippen LogP contribution in [-0.2, 0) is 21.2 Å². The molecule has 1 aliphatic heterocycles. The number of nitrogens with zero attached hydrogens (tertiary/aromatic N) is 1. The van der Waals surface area contributed by atoms with Crippen LogP contribution in [0.3, 0.4) is 0 Å². The van der Waals surface area contributed by atoms with E-state index in [4.69, 9.17) is 22.7 Å². The van der Waals surface area contributed by atoms with Crippen LogP contribution in [0.4, 0.5) is 13.2 Å². The summed E-state index contributed by atoms with van der Waals surface area (Å²) in [4.78, 5) is 14.0. The van der Waals surface area contributed by atoms with Crippen molar-refractivity contribution in [3.05, 3.63) is 46.6 Å². The molecule has 0 radical (unpaired) electrons. The maximum Gasteiger partial charge on any atom is 0.432 e. The number of sulfone groups is 1. The Morgan fingerprint density at radius 3 is 2.41 bits per heavy atom. The molecule has 0 saturated carbocycles. The van der Waals surface area contributed by atoms with Crippen molar-refractivity contribution < 1.29 is 26.4 Å². The number of benzene rings is 1. The number of allylic oxidation sites excluding steroid dienone is 1. The Bertz CT molecular complexity index is 902. The van der Waals surface area contributed by atoms with Gasteiger partial charge in [0.2, 0.25) is 0 Å². The highest BCUT2D eigenvalue weighted by Crippen LogP contribution is 2.24. The Labute approximate surface area is 171 Å². The van der Waals surface area contributed by atoms with Gasteiger partial charge in [0.25, 0.3) is 5.91 Å². The predicted molar refractivity (Wildman–Crippen MR) is 104 cm³/mol. The van der Waals surface area contributed by atoms with Crippen molar-refractivity contribution >= 4 is 33.1 Å². The van der Waals surface area contributed by atoms with Crippen molar-refractivity contribution in [1.82, 2.24) is 4.90 Å². The van der Waals surface area contributed by atoms with Crippen molar-refractivity contribution in [3.8, 4) is 0 Å². The number of hydrogen-bond acceptors (Lipinski definition) is 5. The lowest BCUT2D eigenvalue weighted by Crippen LogP contribution is -2.40. The summed E-state index contributed by atoms with van der Waals surface area (Å²) in [5.74, 6) is -1.02. The van der Waals surface area contributed by atoms with Gasteiger partial charge in [0, 0.05) is 18.1 Å². The Morgan fingerprint density at radius 2 is 1.86 bits per heavy atom. The summed E-state index contributed by atoms with van der Waals surface area (Å²) < 4.78 is 61.0. The lowest BCUT2D eigenvalue weighted by atomic mass is 10.0. The van der Waals surface area contributed by atoms with Gasteiger partial charge in [0.15, 0.2) is 0 Å². The molecule has 1 aliphatic rings. The smallest absolute Gasteiger partial charge is 0.394 e. The van der Waals surface area contributed by atoms with E-state index >= 15 is 0 Å². The highest BCUT2D eigenvalue weighted by Gasteiger charge is 2.34. The van der Waals surface area contributed by atoms with Crippen molar-refractivity contribution in [2.45, 2.75) is 25.6 Å². The summed E-state index contributed by atoms with van der Waals surface area (Å²) in [6.45, 7) is 0.114. The average Bonchev–Trinajstić information content (AvgIpc) is 2.63. The second-order valence-corrected chi connectivity index (χ2v) is 9.59. The molecule has 0 aliphatic carbocycles. The zero-order chi connectivity index (χ0) is 21.8. The molecule has 1 heterocycles. The van der Waals surface area contributed by atoms with Gasteiger partial charge in [-0.3, -0.25) is 10.2 Å². The molecule has 160 valence electrons. The molecule has 6 nitrogen and oxygen atoms in total. The average molecular weight is 452 g/mol. The fraction of sp³-hybridized carbons (Fsp3) is 0.444. The van der Waals surface area contributed by atoms with Crippen molar-refractivity contribution in [2.24, 2.45) is 11.7 Å². The van der Waals surface area contributed by atoms with Crippen LogP contribution in [0.5, 0.6) is 0 Å². The largest absolute Gasteiger partial charge is 0.432 e. The van der Waals surface area contributed by atoms with Gasteiger partial charge in [0.1, 0.15) is 15.5 Å². The van der Waals surface area contributed by atoms with Crippen LogP contribution in [0.25, 0.3) is 0 Å². The molecule has 0 spiro atoms. The minimum absolute atomic E-state index is 0.00414. The molecular weight excluding hydrogens is 431 g/mol. The molecule has 11 heteroatoms. The highest BCUT2D eigenvalue weighted by molar-refractivity contribution is 7.91. The number of halogens is 4. The highest BCUT2D eigenvalue weighted by atomic mass is 35.5. The lowest BCUT2D eigenvalue weighted by molar-refractivity contribution is -0.128. The number of alkyl halides is 3. The predicted octanol–water partition coefficient (Wildman–Crippen LogP) is 2.92. The minimum Gasteiger partial charge on any atom is -0.394 e. The normalized spacial score (nSPS) is 17.7. The molecule has 1 saturated heterocycles. The monoisotopic (exact) mass is 451 g/mol. The van der Waals surface area contributed by atoms with Crippen molar-refractivity contribution in [1.29, 1.82) is 5.41 Å². The zero-order valence-electron chi connectivity index (χ0n) is 15.4. The third-order valence-corrected chi connectivity index (χ3v) is 6.70. The summed E-state index contributed by atoms with van der Waals surface area (Å²) in [5.41, 5.74) is 3.68. The van der Waals surface area contributed by atoms with E-state index in [2.05, 4.69) is 0 Å². The molecule has 0 bridgehead atoms.